The second-order valence-electron chi connectivity index (χ2n) is 13.4. The number of aliphatic hydroxyl groups is 3. The van der Waals surface area contributed by atoms with Gasteiger partial charge in [0, 0.05) is 30.8 Å². The molecule has 0 radical (unpaired) electrons. The van der Waals surface area contributed by atoms with Crippen molar-refractivity contribution in [3.05, 3.63) is 137 Å². The number of aliphatic hydroxyl groups excluding tert-OH is 3. The number of amides is 2. The number of rotatable bonds is 15. The van der Waals surface area contributed by atoms with Crippen LogP contribution in [0.15, 0.2) is 109 Å². The first-order valence-electron chi connectivity index (χ1n) is 17.3. The number of carbonyl (C=O) groups excluding carboxylic acids is 2. The van der Waals surface area contributed by atoms with Gasteiger partial charge in [-0.2, -0.15) is 0 Å². The summed E-state index contributed by atoms with van der Waals surface area (Å²) in [6.45, 7) is 0.289. The molecule has 8 nitrogen and oxygen atoms in total. The van der Waals surface area contributed by atoms with Crippen LogP contribution in [0.2, 0.25) is 0 Å². The average molecular weight is 663 g/mol. The predicted molar refractivity (Wildman–Crippen MR) is 188 cm³/mol. The Hall–Kier alpha value is -4.50. The topological polar surface area (TPSA) is 119 Å². The maximum absolute atomic E-state index is 14.0. The lowest BCUT2D eigenvalue weighted by Gasteiger charge is -2.29. The molecule has 1 heterocycles. The minimum Gasteiger partial charge on any atom is -0.491 e. The predicted octanol–water partition coefficient (Wildman–Crippen LogP) is 4.44. The molecule has 8 heteroatoms. The first-order chi connectivity index (χ1) is 23.9. The van der Waals surface area contributed by atoms with Crippen molar-refractivity contribution in [2.24, 2.45) is 11.8 Å². The maximum atomic E-state index is 14.0. The molecular weight excluding hydrogens is 616 g/mol. The van der Waals surface area contributed by atoms with Crippen molar-refractivity contribution >= 4 is 11.8 Å². The summed E-state index contributed by atoms with van der Waals surface area (Å²) >= 11 is 0. The van der Waals surface area contributed by atoms with Crippen molar-refractivity contribution in [3.63, 3.8) is 0 Å². The van der Waals surface area contributed by atoms with Gasteiger partial charge in [0.15, 0.2) is 0 Å². The maximum Gasteiger partial charge on any atom is 0.226 e. The van der Waals surface area contributed by atoms with Gasteiger partial charge >= 0.3 is 0 Å². The van der Waals surface area contributed by atoms with E-state index in [2.05, 4.69) is 5.32 Å². The normalized spacial score (nSPS) is 21.3. The molecule has 0 saturated carbocycles. The minimum absolute atomic E-state index is 0.0190. The molecule has 1 aliphatic heterocycles. The summed E-state index contributed by atoms with van der Waals surface area (Å²) in [7, 11) is 0. The zero-order valence-corrected chi connectivity index (χ0v) is 27.7. The van der Waals surface area contributed by atoms with E-state index in [9.17, 15) is 19.8 Å². The van der Waals surface area contributed by atoms with E-state index in [1.165, 1.54) is 0 Å². The number of nitrogens with one attached hydrogen (secondary N) is 1. The van der Waals surface area contributed by atoms with E-state index in [0.717, 1.165) is 27.8 Å². The van der Waals surface area contributed by atoms with Crippen molar-refractivity contribution in [2.45, 2.75) is 62.8 Å². The second-order valence-corrected chi connectivity index (χ2v) is 13.4. The highest BCUT2D eigenvalue weighted by atomic mass is 16.5. The SMILES string of the molecule is O=C(N[C@H]1c2ccccc2C[C@H]1O)[C@H](Cc1ccccc1)C[C@H](O)CN1C(=O)[C@@H](Cc2ccccc2)C[C@@H]1Cc1ccc(OCCO)cc1. The van der Waals surface area contributed by atoms with E-state index in [-0.39, 0.29) is 50.0 Å². The molecule has 2 aliphatic rings. The summed E-state index contributed by atoms with van der Waals surface area (Å²) in [5.74, 6) is -0.311. The number of fused-ring (bicyclic) bond motifs is 1. The van der Waals surface area contributed by atoms with Crippen LogP contribution < -0.4 is 10.1 Å². The first kappa shape index (κ1) is 34.4. The molecule has 1 aliphatic carbocycles. The Morgan fingerprint density at radius 3 is 2.22 bits per heavy atom. The van der Waals surface area contributed by atoms with Gasteiger partial charge in [0.1, 0.15) is 12.4 Å². The Kier molecular flexibility index (Phi) is 11.4. The molecule has 6 rings (SSSR count). The molecule has 0 unspecified atom stereocenters. The van der Waals surface area contributed by atoms with E-state index >= 15 is 0 Å². The summed E-state index contributed by atoms with van der Waals surface area (Å²) in [6.07, 6.45) is 1.33. The minimum atomic E-state index is -0.934. The molecule has 256 valence electrons. The molecule has 1 saturated heterocycles. The summed E-state index contributed by atoms with van der Waals surface area (Å²) < 4.78 is 5.52. The van der Waals surface area contributed by atoms with Gasteiger partial charge in [0.25, 0.3) is 0 Å². The summed E-state index contributed by atoms with van der Waals surface area (Å²) in [6, 6.07) is 34.6. The molecular formula is C41H46N2O6. The second kappa shape index (κ2) is 16.3. The molecule has 4 aromatic carbocycles. The number of likely N-dealkylation sites (tertiary alicyclic amines) is 1. The van der Waals surface area contributed by atoms with Gasteiger partial charge in [-0.25, -0.2) is 0 Å². The Labute approximate surface area is 288 Å². The van der Waals surface area contributed by atoms with Crippen LogP contribution in [0.1, 0.15) is 46.7 Å². The zero-order valence-electron chi connectivity index (χ0n) is 27.7. The smallest absolute Gasteiger partial charge is 0.226 e. The van der Waals surface area contributed by atoms with Crippen molar-refractivity contribution in [2.75, 3.05) is 19.8 Å². The van der Waals surface area contributed by atoms with Gasteiger partial charge < -0.3 is 30.3 Å². The van der Waals surface area contributed by atoms with Crippen molar-refractivity contribution in [1.82, 2.24) is 10.2 Å². The number of β-amino-alcohol motifs (C(OH)–C–C–N with tert-alkyl or cyclic N) is 1. The van der Waals surface area contributed by atoms with Crippen LogP contribution in [-0.2, 0) is 35.3 Å². The van der Waals surface area contributed by atoms with Gasteiger partial charge in [0.05, 0.1) is 24.9 Å². The van der Waals surface area contributed by atoms with Crippen LogP contribution in [0, 0.1) is 11.8 Å². The molecule has 2 amide bonds. The van der Waals surface area contributed by atoms with Crippen LogP contribution in [-0.4, -0.2) is 70.0 Å². The Balaban J connectivity index is 1.18. The van der Waals surface area contributed by atoms with Crippen molar-refractivity contribution < 1.29 is 29.6 Å². The third kappa shape index (κ3) is 8.76. The van der Waals surface area contributed by atoms with Gasteiger partial charge in [-0.3, -0.25) is 9.59 Å². The number of ether oxygens (including phenoxy) is 1. The van der Waals surface area contributed by atoms with Gasteiger partial charge in [-0.1, -0.05) is 97.1 Å². The molecule has 4 N–H and O–H groups in total. The fraction of sp³-hybridized carbons (Fsp3) is 0.366. The van der Waals surface area contributed by atoms with Gasteiger partial charge in [0.2, 0.25) is 11.8 Å². The highest BCUT2D eigenvalue weighted by Gasteiger charge is 2.41. The number of hydrogen-bond acceptors (Lipinski definition) is 6. The molecule has 1 fully saturated rings. The van der Waals surface area contributed by atoms with E-state index in [0.29, 0.717) is 37.9 Å². The van der Waals surface area contributed by atoms with Crippen LogP contribution in [0.4, 0.5) is 0 Å². The largest absolute Gasteiger partial charge is 0.491 e. The number of carbonyl (C=O) groups is 2. The van der Waals surface area contributed by atoms with E-state index < -0.39 is 24.2 Å². The quantitative estimate of drug-likeness (QED) is 0.150. The summed E-state index contributed by atoms with van der Waals surface area (Å²) in [5.41, 5.74) is 5.07. The fourth-order valence-electron chi connectivity index (χ4n) is 7.46. The molecule has 4 aromatic rings. The van der Waals surface area contributed by atoms with E-state index in [4.69, 9.17) is 9.84 Å². The van der Waals surface area contributed by atoms with Gasteiger partial charge in [-0.05, 0) is 72.1 Å². The fourth-order valence-corrected chi connectivity index (χ4v) is 7.46. The standard InChI is InChI=1S/C41H46N2O6/c44-19-20-49-36-17-15-30(16-18-36)23-34-24-33(22-29-11-5-2-6-12-29)41(48)43(34)27-35(45)25-32(21-28-9-3-1-4-10-28)40(47)42-39-37-14-8-7-13-31(37)26-38(39)46/h1-18,32-35,38-39,44-46H,19-27H2,(H,42,47)/t32-,33+,34+,35+,38-,39+/m1/s1. The summed E-state index contributed by atoms with van der Waals surface area (Å²) in [5, 5.41) is 34.6. The monoisotopic (exact) mass is 662 g/mol. The highest BCUT2D eigenvalue weighted by molar-refractivity contribution is 5.82. The van der Waals surface area contributed by atoms with E-state index in [1.54, 1.807) is 0 Å². The molecule has 0 aromatic heterocycles. The Morgan fingerprint density at radius 2 is 1.51 bits per heavy atom. The summed E-state index contributed by atoms with van der Waals surface area (Å²) in [4.78, 5) is 29.7. The molecule has 49 heavy (non-hydrogen) atoms. The Bertz CT molecular complexity index is 1660. The third-order valence-corrected chi connectivity index (χ3v) is 9.87. The first-order valence-corrected chi connectivity index (χ1v) is 17.3. The van der Waals surface area contributed by atoms with E-state index in [1.807, 2.05) is 114 Å². The zero-order chi connectivity index (χ0) is 34.2. The van der Waals surface area contributed by atoms with Gasteiger partial charge in [-0.15, -0.1) is 0 Å². The lowest BCUT2D eigenvalue weighted by Crippen LogP contribution is -2.43. The van der Waals surface area contributed by atoms with Crippen LogP contribution in [0.5, 0.6) is 5.75 Å². The van der Waals surface area contributed by atoms with Crippen LogP contribution in [0.25, 0.3) is 0 Å². The molecule has 0 spiro atoms. The highest BCUT2D eigenvalue weighted by Crippen LogP contribution is 2.33. The number of nitrogens with zero attached hydrogens (tertiary/aromatic N) is 1. The molecule has 0 bridgehead atoms. The average Bonchev–Trinajstić information content (AvgIpc) is 3.58. The lowest BCUT2D eigenvalue weighted by molar-refractivity contribution is -0.133. The lowest BCUT2D eigenvalue weighted by atomic mass is 9.91. The van der Waals surface area contributed by atoms with Crippen molar-refractivity contribution in [1.29, 1.82) is 0 Å². The van der Waals surface area contributed by atoms with Crippen molar-refractivity contribution in [3.8, 4) is 5.75 Å². The number of hydrogen-bond donors (Lipinski definition) is 4. The third-order valence-electron chi connectivity index (χ3n) is 9.87. The number of benzene rings is 4. The van der Waals surface area contributed by atoms with Crippen LogP contribution in [0.3, 0.4) is 0 Å². The molecule has 6 atom stereocenters. The van der Waals surface area contributed by atoms with Crippen LogP contribution >= 0.6 is 0 Å². The Morgan fingerprint density at radius 1 is 0.857 bits per heavy atom.